The van der Waals surface area contributed by atoms with Gasteiger partial charge in [-0.25, -0.2) is 4.98 Å². The van der Waals surface area contributed by atoms with E-state index in [1.54, 1.807) is 6.07 Å². The third-order valence-electron chi connectivity index (χ3n) is 4.10. The Morgan fingerprint density at radius 3 is 2.58 bits per heavy atom. The van der Waals surface area contributed by atoms with Gasteiger partial charge in [0.15, 0.2) is 0 Å². The van der Waals surface area contributed by atoms with Crippen molar-refractivity contribution < 1.29 is 0 Å². The van der Waals surface area contributed by atoms with Crippen molar-refractivity contribution in [2.45, 2.75) is 6.42 Å². The highest BCUT2D eigenvalue weighted by molar-refractivity contribution is 6.43. The summed E-state index contributed by atoms with van der Waals surface area (Å²) in [5.74, 6) is 0.900. The molecule has 0 radical (unpaired) electrons. The predicted molar refractivity (Wildman–Crippen MR) is 101 cm³/mol. The number of hydrogen-bond acceptors (Lipinski definition) is 1. The first-order valence-electron chi connectivity index (χ1n) is 7.68. The summed E-state index contributed by atoms with van der Waals surface area (Å²) in [6.07, 6.45) is 2.61. The molecule has 0 fully saturated rings. The molecule has 118 valence electrons. The molecule has 0 saturated heterocycles. The molecule has 24 heavy (non-hydrogen) atoms. The summed E-state index contributed by atoms with van der Waals surface area (Å²) in [5.41, 5.74) is 2.88. The maximum atomic E-state index is 6.29. The maximum absolute atomic E-state index is 6.29. The lowest BCUT2D eigenvalue weighted by molar-refractivity contribution is 1.04. The predicted octanol–water partition coefficient (Wildman–Crippen LogP) is 6.13. The van der Waals surface area contributed by atoms with E-state index < -0.39 is 0 Å². The summed E-state index contributed by atoms with van der Waals surface area (Å²) >= 11 is 12.4. The fourth-order valence-electron chi connectivity index (χ4n) is 2.92. The Balaban J connectivity index is 1.69. The average molecular weight is 353 g/mol. The average Bonchev–Trinajstić information content (AvgIpc) is 3.06. The first kappa shape index (κ1) is 15.3. The van der Waals surface area contributed by atoms with Gasteiger partial charge in [-0.2, -0.15) is 0 Å². The topological polar surface area (TPSA) is 28.7 Å². The fraction of sp³-hybridized carbons (Fsp3) is 0.0500. The standard InChI is InChI=1S/C20H14Cl2N2/c21-17-10-4-9-16(20(17)22)18-12-23-19(24-18)11-14-7-3-6-13-5-1-2-8-15(13)14/h1-10,12H,11H2,(H,23,24). The Bertz CT molecular complexity index is 1020. The van der Waals surface area contributed by atoms with Crippen LogP contribution in [0.25, 0.3) is 22.0 Å². The zero-order chi connectivity index (χ0) is 16.5. The number of nitrogens with zero attached hydrogens (tertiary/aromatic N) is 1. The number of hydrogen-bond donors (Lipinski definition) is 1. The Kier molecular flexibility index (Phi) is 4.01. The van der Waals surface area contributed by atoms with E-state index >= 15 is 0 Å². The number of aromatic amines is 1. The van der Waals surface area contributed by atoms with E-state index in [-0.39, 0.29) is 0 Å². The number of aromatic nitrogens is 2. The van der Waals surface area contributed by atoms with Crippen LogP contribution in [0.5, 0.6) is 0 Å². The van der Waals surface area contributed by atoms with Crippen molar-refractivity contribution in [3.8, 4) is 11.3 Å². The van der Waals surface area contributed by atoms with Gasteiger partial charge in [0.1, 0.15) is 5.82 Å². The smallest absolute Gasteiger partial charge is 0.111 e. The number of halogens is 2. The third kappa shape index (κ3) is 2.79. The summed E-state index contributed by atoms with van der Waals surface area (Å²) in [7, 11) is 0. The molecule has 1 N–H and O–H groups in total. The summed E-state index contributed by atoms with van der Waals surface area (Å²) in [4.78, 5) is 7.94. The molecule has 0 amide bonds. The van der Waals surface area contributed by atoms with Crippen molar-refractivity contribution >= 4 is 34.0 Å². The summed E-state index contributed by atoms with van der Waals surface area (Å²) < 4.78 is 0. The number of fused-ring (bicyclic) bond motifs is 1. The van der Waals surface area contributed by atoms with Gasteiger partial charge < -0.3 is 4.98 Å². The van der Waals surface area contributed by atoms with Crippen molar-refractivity contribution in [2.75, 3.05) is 0 Å². The summed E-state index contributed by atoms with van der Waals surface area (Å²) in [6, 6.07) is 20.3. The minimum absolute atomic E-state index is 0.530. The van der Waals surface area contributed by atoms with Crippen LogP contribution in [-0.2, 0) is 6.42 Å². The molecular formula is C20H14Cl2N2. The van der Waals surface area contributed by atoms with Gasteiger partial charge in [0.25, 0.3) is 0 Å². The van der Waals surface area contributed by atoms with E-state index in [2.05, 4.69) is 52.4 Å². The molecule has 0 bridgehead atoms. The molecule has 4 heteroatoms. The lowest BCUT2D eigenvalue weighted by Gasteiger charge is -2.05. The molecule has 1 aromatic heterocycles. The zero-order valence-corrected chi connectivity index (χ0v) is 14.3. The van der Waals surface area contributed by atoms with Crippen LogP contribution >= 0.6 is 23.2 Å². The number of rotatable bonds is 3. The van der Waals surface area contributed by atoms with Gasteiger partial charge in [-0.3, -0.25) is 0 Å². The second-order valence-corrected chi connectivity index (χ2v) is 6.43. The van der Waals surface area contributed by atoms with Gasteiger partial charge >= 0.3 is 0 Å². The van der Waals surface area contributed by atoms with E-state index in [0.717, 1.165) is 23.5 Å². The van der Waals surface area contributed by atoms with Crippen molar-refractivity contribution in [3.05, 3.63) is 88.3 Å². The molecular weight excluding hydrogens is 339 g/mol. The molecule has 1 heterocycles. The van der Waals surface area contributed by atoms with Crippen LogP contribution < -0.4 is 0 Å². The van der Waals surface area contributed by atoms with Crippen LogP contribution in [0.3, 0.4) is 0 Å². The molecule has 0 saturated carbocycles. The normalized spacial score (nSPS) is 11.1. The minimum Gasteiger partial charge on any atom is -0.348 e. The van der Waals surface area contributed by atoms with Crippen LogP contribution in [0.4, 0.5) is 0 Å². The number of nitrogens with one attached hydrogen (secondary N) is 1. The van der Waals surface area contributed by atoms with Crippen molar-refractivity contribution in [3.63, 3.8) is 0 Å². The molecule has 0 atom stereocenters. The van der Waals surface area contributed by atoms with Gasteiger partial charge in [0.2, 0.25) is 0 Å². The minimum atomic E-state index is 0.530. The van der Waals surface area contributed by atoms with Gasteiger partial charge in [-0.1, -0.05) is 77.8 Å². The highest BCUT2D eigenvalue weighted by atomic mass is 35.5. The lowest BCUT2D eigenvalue weighted by Crippen LogP contribution is -1.92. The molecule has 0 aliphatic heterocycles. The second kappa shape index (κ2) is 6.31. The van der Waals surface area contributed by atoms with E-state index in [9.17, 15) is 0 Å². The fourth-order valence-corrected chi connectivity index (χ4v) is 3.32. The quantitative estimate of drug-likeness (QED) is 0.472. The van der Waals surface area contributed by atoms with Gasteiger partial charge in [0.05, 0.1) is 15.7 Å². The molecule has 3 aromatic carbocycles. The van der Waals surface area contributed by atoms with Crippen LogP contribution in [0.2, 0.25) is 10.0 Å². The van der Waals surface area contributed by atoms with Crippen molar-refractivity contribution in [2.24, 2.45) is 0 Å². The first-order chi connectivity index (χ1) is 11.7. The number of H-pyrrole nitrogens is 1. The van der Waals surface area contributed by atoms with Crippen LogP contribution in [0.15, 0.2) is 66.9 Å². The number of benzene rings is 3. The van der Waals surface area contributed by atoms with E-state index in [0.29, 0.717) is 10.0 Å². The van der Waals surface area contributed by atoms with Crippen LogP contribution in [0, 0.1) is 0 Å². The molecule has 0 spiro atoms. The Morgan fingerprint density at radius 2 is 1.67 bits per heavy atom. The van der Waals surface area contributed by atoms with Crippen molar-refractivity contribution in [1.82, 2.24) is 9.97 Å². The molecule has 0 unspecified atom stereocenters. The Labute approximate surface area is 150 Å². The largest absolute Gasteiger partial charge is 0.348 e. The van der Waals surface area contributed by atoms with Crippen LogP contribution in [-0.4, -0.2) is 9.97 Å². The third-order valence-corrected chi connectivity index (χ3v) is 4.92. The van der Waals surface area contributed by atoms with E-state index in [1.165, 1.54) is 16.3 Å². The Morgan fingerprint density at radius 1 is 0.875 bits per heavy atom. The first-order valence-corrected chi connectivity index (χ1v) is 8.43. The zero-order valence-electron chi connectivity index (χ0n) is 12.8. The second-order valence-electron chi connectivity index (χ2n) is 5.65. The Hall–Kier alpha value is -2.29. The highest BCUT2D eigenvalue weighted by Gasteiger charge is 2.11. The van der Waals surface area contributed by atoms with Gasteiger partial charge in [-0.05, 0) is 22.4 Å². The maximum Gasteiger partial charge on any atom is 0.111 e. The van der Waals surface area contributed by atoms with E-state index in [1.807, 2.05) is 18.3 Å². The van der Waals surface area contributed by atoms with Crippen LogP contribution in [0.1, 0.15) is 11.4 Å². The highest BCUT2D eigenvalue weighted by Crippen LogP contribution is 2.32. The SMILES string of the molecule is Clc1cccc(-c2c[nH]c(Cc3cccc4ccccc34)n2)c1Cl. The number of imidazole rings is 1. The van der Waals surface area contributed by atoms with Crippen molar-refractivity contribution in [1.29, 1.82) is 0 Å². The lowest BCUT2D eigenvalue weighted by atomic mass is 10.0. The molecule has 4 aromatic rings. The summed E-state index contributed by atoms with van der Waals surface area (Å²) in [6.45, 7) is 0. The molecule has 4 rings (SSSR count). The van der Waals surface area contributed by atoms with Gasteiger partial charge in [0, 0.05) is 18.2 Å². The van der Waals surface area contributed by atoms with E-state index in [4.69, 9.17) is 23.2 Å². The molecule has 0 aliphatic carbocycles. The molecule has 2 nitrogen and oxygen atoms in total. The summed E-state index contributed by atoms with van der Waals surface area (Å²) in [5, 5.41) is 3.55. The monoisotopic (exact) mass is 352 g/mol. The van der Waals surface area contributed by atoms with Gasteiger partial charge in [-0.15, -0.1) is 0 Å². The molecule has 0 aliphatic rings.